The summed E-state index contributed by atoms with van der Waals surface area (Å²) in [6.07, 6.45) is 8.97. The summed E-state index contributed by atoms with van der Waals surface area (Å²) in [4.78, 5) is 21.0. The second-order valence-corrected chi connectivity index (χ2v) is 6.89. The minimum absolute atomic E-state index is 0.242. The predicted molar refractivity (Wildman–Crippen MR) is 99.2 cm³/mol. The number of hydrogen-bond acceptors (Lipinski definition) is 4. The van der Waals surface area contributed by atoms with E-state index in [2.05, 4.69) is 36.5 Å². The second kappa shape index (κ2) is 8.24. The quantitative estimate of drug-likeness (QED) is 0.749. The molecule has 1 heterocycles. The van der Waals surface area contributed by atoms with E-state index in [9.17, 15) is 4.79 Å². The fraction of sp³-hybridized carbons (Fsp3) is 0.389. The first kappa shape index (κ1) is 16.9. The number of anilines is 2. The van der Waals surface area contributed by atoms with Crippen molar-refractivity contribution in [1.29, 1.82) is 0 Å². The molecule has 5 nitrogen and oxygen atoms in total. The lowest BCUT2D eigenvalue weighted by atomic mass is 10.1. The summed E-state index contributed by atoms with van der Waals surface area (Å²) in [7, 11) is 0. The third kappa shape index (κ3) is 4.54. The molecule has 1 amide bonds. The fourth-order valence-electron chi connectivity index (χ4n) is 2.91. The van der Waals surface area contributed by atoms with Crippen LogP contribution in [-0.2, 0) is 0 Å². The third-order valence-electron chi connectivity index (χ3n) is 4.20. The Morgan fingerprint density at radius 3 is 2.58 bits per heavy atom. The van der Waals surface area contributed by atoms with Crippen molar-refractivity contribution in [2.75, 3.05) is 10.6 Å². The minimum atomic E-state index is -0.242. The molecule has 0 aliphatic heterocycles. The highest BCUT2D eigenvalue weighted by atomic mass is 79.9. The Hall–Kier alpha value is -1.95. The van der Waals surface area contributed by atoms with E-state index in [1.807, 2.05) is 24.3 Å². The Kier molecular flexibility index (Phi) is 5.80. The van der Waals surface area contributed by atoms with Crippen molar-refractivity contribution in [2.45, 2.75) is 44.6 Å². The van der Waals surface area contributed by atoms with Crippen molar-refractivity contribution in [2.24, 2.45) is 0 Å². The molecule has 2 aromatic rings. The zero-order valence-electron chi connectivity index (χ0n) is 13.5. The lowest BCUT2D eigenvalue weighted by Gasteiger charge is -2.16. The van der Waals surface area contributed by atoms with Crippen LogP contribution in [0, 0.1) is 0 Å². The van der Waals surface area contributed by atoms with Gasteiger partial charge in [0.25, 0.3) is 5.91 Å². The summed E-state index contributed by atoms with van der Waals surface area (Å²) < 4.78 is 0.837. The molecule has 1 saturated carbocycles. The molecule has 0 unspecified atom stereocenters. The highest BCUT2D eigenvalue weighted by Gasteiger charge is 2.15. The molecule has 6 heteroatoms. The number of carbonyl (C=O) groups is 1. The van der Waals surface area contributed by atoms with Gasteiger partial charge in [-0.15, -0.1) is 0 Å². The number of carbonyl (C=O) groups excluding carboxylic acids is 1. The zero-order valence-corrected chi connectivity index (χ0v) is 15.1. The van der Waals surface area contributed by atoms with Gasteiger partial charge in [-0.1, -0.05) is 37.8 Å². The number of hydrogen-bond donors (Lipinski definition) is 2. The van der Waals surface area contributed by atoms with E-state index < -0.39 is 0 Å². The van der Waals surface area contributed by atoms with E-state index in [4.69, 9.17) is 0 Å². The van der Waals surface area contributed by atoms with Gasteiger partial charge >= 0.3 is 0 Å². The van der Waals surface area contributed by atoms with Crippen molar-refractivity contribution >= 4 is 33.5 Å². The normalized spacial score (nSPS) is 15.5. The molecule has 126 valence electrons. The SMILES string of the molecule is O=C(Nc1ccccc1Br)c1ccnc(NC2CCCCCC2)n1. The van der Waals surface area contributed by atoms with E-state index in [0.717, 1.165) is 23.0 Å². The van der Waals surface area contributed by atoms with Gasteiger partial charge in [0.15, 0.2) is 0 Å². The van der Waals surface area contributed by atoms with Gasteiger partial charge < -0.3 is 10.6 Å². The van der Waals surface area contributed by atoms with Gasteiger partial charge in [-0.3, -0.25) is 4.79 Å². The maximum atomic E-state index is 12.4. The Bertz CT molecular complexity index is 699. The Morgan fingerprint density at radius 2 is 1.83 bits per heavy atom. The van der Waals surface area contributed by atoms with Crippen molar-refractivity contribution in [1.82, 2.24) is 9.97 Å². The van der Waals surface area contributed by atoms with Gasteiger partial charge in [0.05, 0.1) is 5.69 Å². The number of benzene rings is 1. The molecule has 1 aromatic carbocycles. The molecule has 1 aliphatic rings. The molecule has 1 aliphatic carbocycles. The molecular weight excluding hydrogens is 368 g/mol. The Morgan fingerprint density at radius 1 is 1.08 bits per heavy atom. The van der Waals surface area contributed by atoms with Crippen LogP contribution in [0.3, 0.4) is 0 Å². The van der Waals surface area contributed by atoms with Gasteiger partial charge in [0, 0.05) is 16.7 Å². The molecular formula is C18H21BrN4O. The van der Waals surface area contributed by atoms with Gasteiger partial charge in [-0.2, -0.15) is 0 Å². The van der Waals surface area contributed by atoms with Crippen LogP contribution in [0.15, 0.2) is 41.0 Å². The van der Waals surface area contributed by atoms with Crippen molar-refractivity contribution in [3.63, 3.8) is 0 Å². The molecule has 2 N–H and O–H groups in total. The highest BCUT2D eigenvalue weighted by molar-refractivity contribution is 9.10. The molecule has 1 fully saturated rings. The first-order chi connectivity index (χ1) is 11.7. The molecule has 3 rings (SSSR count). The monoisotopic (exact) mass is 388 g/mol. The highest BCUT2D eigenvalue weighted by Crippen LogP contribution is 2.22. The molecule has 24 heavy (non-hydrogen) atoms. The summed E-state index contributed by atoms with van der Waals surface area (Å²) in [5, 5.41) is 6.24. The average Bonchev–Trinajstić information content (AvgIpc) is 2.86. The maximum Gasteiger partial charge on any atom is 0.274 e. The van der Waals surface area contributed by atoms with E-state index in [0.29, 0.717) is 17.7 Å². The van der Waals surface area contributed by atoms with Crippen LogP contribution >= 0.6 is 15.9 Å². The summed E-state index contributed by atoms with van der Waals surface area (Å²) in [6, 6.07) is 9.53. The predicted octanol–water partition coefficient (Wildman–Crippen LogP) is 4.63. The van der Waals surface area contributed by atoms with Crippen LogP contribution in [-0.4, -0.2) is 21.9 Å². The number of halogens is 1. The van der Waals surface area contributed by atoms with Crippen LogP contribution < -0.4 is 10.6 Å². The maximum absolute atomic E-state index is 12.4. The summed E-state index contributed by atoms with van der Waals surface area (Å²) in [5.74, 6) is 0.287. The van der Waals surface area contributed by atoms with E-state index >= 15 is 0 Å². The second-order valence-electron chi connectivity index (χ2n) is 6.03. The van der Waals surface area contributed by atoms with Crippen molar-refractivity contribution < 1.29 is 4.79 Å². The first-order valence-electron chi connectivity index (χ1n) is 8.38. The van der Waals surface area contributed by atoms with Crippen LogP contribution in [0.4, 0.5) is 11.6 Å². The number of nitrogens with one attached hydrogen (secondary N) is 2. The fourth-order valence-corrected chi connectivity index (χ4v) is 3.29. The number of amides is 1. The summed E-state index contributed by atoms with van der Waals surface area (Å²) >= 11 is 3.43. The number of nitrogens with zero attached hydrogens (tertiary/aromatic N) is 2. The van der Waals surface area contributed by atoms with E-state index in [-0.39, 0.29) is 5.91 Å². The van der Waals surface area contributed by atoms with Crippen LogP contribution in [0.5, 0.6) is 0 Å². The molecule has 0 bridgehead atoms. The van der Waals surface area contributed by atoms with E-state index in [1.165, 1.54) is 25.7 Å². The summed E-state index contributed by atoms with van der Waals surface area (Å²) in [6.45, 7) is 0. The minimum Gasteiger partial charge on any atom is -0.351 e. The van der Waals surface area contributed by atoms with Crippen LogP contribution in [0.25, 0.3) is 0 Å². The lowest BCUT2D eigenvalue weighted by molar-refractivity contribution is 0.102. The van der Waals surface area contributed by atoms with Crippen molar-refractivity contribution in [3.8, 4) is 0 Å². The number of para-hydroxylation sites is 1. The molecule has 1 aromatic heterocycles. The smallest absolute Gasteiger partial charge is 0.274 e. The van der Waals surface area contributed by atoms with E-state index in [1.54, 1.807) is 12.3 Å². The molecule has 0 radical (unpaired) electrons. The van der Waals surface area contributed by atoms with Crippen LogP contribution in [0.2, 0.25) is 0 Å². The Labute approximate surface area is 150 Å². The van der Waals surface area contributed by atoms with Gasteiger partial charge in [-0.05, 0) is 47.0 Å². The number of aromatic nitrogens is 2. The van der Waals surface area contributed by atoms with Crippen LogP contribution in [0.1, 0.15) is 49.0 Å². The average molecular weight is 389 g/mol. The first-order valence-corrected chi connectivity index (χ1v) is 9.17. The zero-order chi connectivity index (χ0) is 16.8. The van der Waals surface area contributed by atoms with Gasteiger partial charge in [0.1, 0.15) is 5.69 Å². The Balaban J connectivity index is 1.68. The van der Waals surface area contributed by atoms with Crippen molar-refractivity contribution in [3.05, 3.63) is 46.7 Å². The third-order valence-corrected chi connectivity index (χ3v) is 4.89. The largest absolute Gasteiger partial charge is 0.351 e. The molecule has 0 atom stereocenters. The van der Waals surface area contributed by atoms with Gasteiger partial charge in [-0.25, -0.2) is 9.97 Å². The summed E-state index contributed by atoms with van der Waals surface area (Å²) in [5.41, 5.74) is 1.08. The van der Waals surface area contributed by atoms with Gasteiger partial charge in [0.2, 0.25) is 5.95 Å². The number of rotatable bonds is 4. The lowest BCUT2D eigenvalue weighted by Crippen LogP contribution is -2.21. The molecule has 0 spiro atoms. The molecule has 0 saturated heterocycles. The topological polar surface area (TPSA) is 66.9 Å². The standard InChI is InChI=1S/C18H21BrN4O/c19-14-9-5-6-10-15(14)22-17(24)16-11-12-20-18(23-16)21-13-7-3-1-2-4-8-13/h5-6,9-13H,1-4,7-8H2,(H,22,24)(H,20,21,23).